The number of benzene rings is 3. The largest absolute Gasteiger partial charge is 0.338 e. The number of carbonyl (C=O) groups excluding carboxylic acids is 1. The molecule has 6 aromatic rings. The molecule has 0 saturated heterocycles. The maximum Gasteiger partial charge on any atom is 0.193 e. The second kappa shape index (κ2) is 7.53. The van der Waals surface area contributed by atoms with Gasteiger partial charge in [0.1, 0.15) is 5.82 Å². The molecule has 0 bridgehead atoms. The van der Waals surface area contributed by atoms with Gasteiger partial charge in [-0.05, 0) is 55.8 Å². The summed E-state index contributed by atoms with van der Waals surface area (Å²) >= 11 is 1.64. The van der Waals surface area contributed by atoms with Crippen LogP contribution in [0.4, 0.5) is 0 Å². The summed E-state index contributed by atoms with van der Waals surface area (Å²) in [5, 5.41) is 0. The van der Waals surface area contributed by atoms with Crippen molar-refractivity contribution >= 4 is 38.4 Å². The van der Waals surface area contributed by atoms with Gasteiger partial charge in [-0.1, -0.05) is 30.3 Å². The van der Waals surface area contributed by atoms with Crippen LogP contribution in [0, 0.1) is 13.8 Å². The van der Waals surface area contributed by atoms with Crippen LogP contribution in [0.5, 0.6) is 0 Å². The molecule has 0 spiro atoms. The predicted octanol–water partition coefficient (Wildman–Crippen LogP) is 6.48. The summed E-state index contributed by atoms with van der Waals surface area (Å²) in [6.07, 6.45) is 2.14. The number of H-pyrrole nitrogens is 1. The van der Waals surface area contributed by atoms with Crippen molar-refractivity contribution in [1.29, 1.82) is 0 Å². The van der Waals surface area contributed by atoms with E-state index >= 15 is 0 Å². The van der Waals surface area contributed by atoms with E-state index in [2.05, 4.69) is 52.8 Å². The van der Waals surface area contributed by atoms with Crippen molar-refractivity contribution in [3.05, 3.63) is 101 Å². The standard InChI is InChI=1S/C27H20N4OS/c1-16-14-31(20-9-11-22-24(13-20)33-15-28-22)17(2)25(16)27-29-21-10-8-19(12-23(21)30-27)26(32)18-6-4-3-5-7-18/h3-15H,1-2H3,(H,29,30). The number of fused-ring (bicyclic) bond motifs is 2. The molecule has 6 rings (SSSR count). The number of aryl methyl sites for hydroxylation is 1. The Morgan fingerprint density at radius 3 is 2.61 bits per heavy atom. The smallest absolute Gasteiger partial charge is 0.193 e. The first kappa shape index (κ1) is 19.6. The SMILES string of the molecule is Cc1cn(-c2ccc3ncsc3c2)c(C)c1-c1nc2ccc(C(=O)c3ccccc3)cc2[nH]1. The molecule has 160 valence electrons. The van der Waals surface area contributed by atoms with Gasteiger partial charge in [-0.25, -0.2) is 9.97 Å². The van der Waals surface area contributed by atoms with Crippen LogP contribution in [0.3, 0.4) is 0 Å². The molecule has 0 aliphatic heterocycles. The number of ketones is 1. The van der Waals surface area contributed by atoms with Crippen LogP contribution in [0.15, 0.2) is 78.4 Å². The summed E-state index contributed by atoms with van der Waals surface area (Å²) in [6.45, 7) is 4.21. The van der Waals surface area contributed by atoms with Crippen molar-refractivity contribution < 1.29 is 4.79 Å². The highest BCUT2D eigenvalue weighted by molar-refractivity contribution is 7.16. The fourth-order valence-corrected chi connectivity index (χ4v) is 5.12. The van der Waals surface area contributed by atoms with Gasteiger partial charge in [-0.15, -0.1) is 11.3 Å². The van der Waals surface area contributed by atoms with E-state index in [1.807, 2.05) is 54.0 Å². The molecule has 0 saturated carbocycles. The van der Waals surface area contributed by atoms with Gasteiger partial charge in [0.05, 0.1) is 26.8 Å². The highest BCUT2D eigenvalue weighted by atomic mass is 32.1. The second-order valence-corrected chi connectivity index (χ2v) is 9.05. The lowest BCUT2D eigenvalue weighted by atomic mass is 10.0. The number of aromatic nitrogens is 4. The van der Waals surface area contributed by atoms with Crippen molar-refractivity contribution in [3.63, 3.8) is 0 Å². The van der Waals surface area contributed by atoms with Crippen LogP contribution in [0.2, 0.25) is 0 Å². The maximum absolute atomic E-state index is 12.9. The van der Waals surface area contributed by atoms with Crippen molar-refractivity contribution in [2.45, 2.75) is 13.8 Å². The fraction of sp³-hybridized carbons (Fsp3) is 0.0741. The Balaban J connectivity index is 1.41. The van der Waals surface area contributed by atoms with Gasteiger partial charge in [0.15, 0.2) is 5.78 Å². The average molecular weight is 449 g/mol. The molecule has 0 unspecified atom stereocenters. The molecule has 1 N–H and O–H groups in total. The number of nitrogens with one attached hydrogen (secondary N) is 1. The number of aromatic amines is 1. The quantitative estimate of drug-likeness (QED) is 0.314. The molecule has 3 heterocycles. The molecule has 0 amide bonds. The summed E-state index contributed by atoms with van der Waals surface area (Å²) in [6, 6.07) is 21.3. The molecule has 0 fully saturated rings. The fourth-order valence-electron chi connectivity index (χ4n) is 4.41. The molecule has 3 aromatic heterocycles. The summed E-state index contributed by atoms with van der Waals surface area (Å²) in [4.78, 5) is 25.5. The summed E-state index contributed by atoms with van der Waals surface area (Å²) in [5.41, 5.74) is 10.3. The van der Waals surface area contributed by atoms with Gasteiger partial charge in [-0.2, -0.15) is 0 Å². The van der Waals surface area contributed by atoms with E-state index in [0.29, 0.717) is 11.1 Å². The number of hydrogen-bond donors (Lipinski definition) is 1. The molecule has 0 aliphatic carbocycles. The first-order chi connectivity index (χ1) is 16.1. The predicted molar refractivity (Wildman–Crippen MR) is 133 cm³/mol. The molecule has 0 radical (unpaired) electrons. The van der Waals surface area contributed by atoms with E-state index in [1.165, 1.54) is 4.70 Å². The van der Waals surface area contributed by atoms with Crippen LogP contribution < -0.4 is 0 Å². The van der Waals surface area contributed by atoms with Gasteiger partial charge in [0.25, 0.3) is 0 Å². The zero-order chi connectivity index (χ0) is 22.5. The number of rotatable bonds is 4. The number of thiazole rings is 1. The molecule has 5 nitrogen and oxygen atoms in total. The first-order valence-corrected chi connectivity index (χ1v) is 11.6. The molecule has 33 heavy (non-hydrogen) atoms. The zero-order valence-electron chi connectivity index (χ0n) is 18.2. The molecular formula is C27H20N4OS. The van der Waals surface area contributed by atoms with Crippen LogP contribution >= 0.6 is 11.3 Å². The van der Waals surface area contributed by atoms with Crippen LogP contribution in [0.25, 0.3) is 38.3 Å². The third-order valence-electron chi connectivity index (χ3n) is 6.05. The van der Waals surface area contributed by atoms with Crippen molar-refractivity contribution in [2.24, 2.45) is 0 Å². The minimum Gasteiger partial charge on any atom is -0.338 e. The first-order valence-electron chi connectivity index (χ1n) is 10.7. The van der Waals surface area contributed by atoms with E-state index < -0.39 is 0 Å². The summed E-state index contributed by atoms with van der Waals surface area (Å²) in [5.74, 6) is 0.813. The third-order valence-corrected chi connectivity index (χ3v) is 6.84. The Morgan fingerprint density at radius 1 is 0.939 bits per heavy atom. The van der Waals surface area contributed by atoms with Crippen molar-refractivity contribution in [3.8, 4) is 17.1 Å². The Bertz CT molecular complexity index is 1660. The minimum atomic E-state index is 0.00521. The maximum atomic E-state index is 12.9. The van der Waals surface area contributed by atoms with E-state index in [1.54, 1.807) is 11.3 Å². The highest BCUT2D eigenvalue weighted by Crippen LogP contribution is 2.32. The summed E-state index contributed by atoms with van der Waals surface area (Å²) in [7, 11) is 0. The monoisotopic (exact) mass is 448 g/mol. The van der Waals surface area contributed by atoms with E-state index in [0.717, 1.165) is 44.9 Å². The van der Waals surface area contributed by atoms with Crippen molar-refractivity contribution in [1.82, 2.24) is 19.5 Å². The van der Waals surface area contributed by atoms with E-state index in [4.69, 9.17) is 4.98 Å². The zero-order valence-corrected chi connectivity index (χ0v) is 19.0. The van der Waals surface area contributed by atoms with Gasteiger partial charge < -0.3 is 9.55 Å². The van der Waals surface area contributed by atoms with Crippen LogP contribution in [0.1, 0.15) is 27.2 Å². The molecule has 6 heteroatoms. The van der Waals surface area contributed by atoms with Crippen molar-refractivity contribution in [2.75, 3.05) is 0 Å². The van der Waals surface area contributed by atoms with Gasteiger partial charge in [0.2, 0.25) is 0 Å². The summed E-state index contributed by atoms with van der Waals surface area (Å²) < 4.78 is 3.36. The third kappa shape index (κ3) is 3.27. The molecular weight excluding hydrogens is 428 g/mol. The second-order valence-electron chi connectivity index (χ2n) is 8.16. The Morgan fingerprint density at radius 2 is 1.76 bits per heavy atom. The van der Waals surface area contributed by atoms with Gasteiger partial charge in [0, 0.05) is 34.3 Å². The Hall–Kier alpha value is -4.03. The molecule has 0 atom stereocenters. The van der Waals surface area contributed by atoms with E-state index in [9.17, 15) is 4.79 Å². The molecule has 3 aromatic carbocycles. The van der Waals surface area contributed by atoms with E-state index in [-0.39, 0.29) is 5.78 Å². The topological polar surface area (TPSA) is 63.6 Å². The average Bonchev–Trinajstić information content (AvgIpc) is 3.54. The highest BCUT2D eigenvalue weighted by Gasteiger charge is 2.17. The Kier molecular flexibility index (Phi) is 4.48. The minimum absolute atomic E-state index is 0.00521. The number of imidazole rings is 1. The van der Waals surface area contributed by atoms with Gasteiger partial charge in [-0.3, -0.25) is 4.79 Å². The lowest BCUT2D eigenvalue weighted by Gasteiger charge is -2.07. The number of nitrogens with zero attached hydrogens (tertiary/aromatic N) is 3. The van der Waals surface area contributed by atoms with Crippen LogP contribution in [-0.2, 0) is 0 Å². The lowest BCUT2D eigenvalue weighted by Crippen LogP contribution is -2.00. The Labute approximate surface area is 194 Å². The number of hydrogen-bond acceptors (Lipinski definition) is 4. The molecule has 0 aliphatic rings. The lowest BCUT2D eigenvalue weighted by molar-refractivity contribution is 0.103. The van der Waals surface area contributed by atoms with Gasteiger partial charge >= 0.3 is 0 Å². The normalized spacial score (nSPS) is 11.5. The number of carbonyl (C=O) groups is 1. The van der Waals surface area contributed by atoms with Crippen LogP contribution in [-0.4, -0.2) is 25.3 Å².